The standard InChI is InChI=1S/C22H16BrFN2O/c23-16-8-11-21-18(12-16)20-13-19(14-4-2-1-3-5-14)25-26(20)22(27-21)15-6-9-17(24)10-7-15/h1-12,20,22H,13H2/t20-,22-/m0/s1. The van der Waals surface area contributed by atoms with E-state index < -0.39 is 0 Å². The Morgan fingerprint density at radius 2 is 1.78 bits per heavy atom. The van der Waals surface area contributed by atoms with Gasteiger partial charge in [-0.2, -0.15) is 5.10 Å². The van der Waals surface area contributed by atoms with Crippen LogP contribution in [0.4, 0.5) is 4.39 Å². The number of ether oxygens (including phenoxy) is 1. The molecule has 0 aliphatic carbocycles. The lowest BCUT2D eigenvalue weighted by Gasteiger charge is -2.38. The molecule has 3 nitrogen and oxygen atoms in total. The second-order valence-electron chi connectivity index (χ2n) is 6.72. The third-order valence-electron chi connectivity index (χ3n) is 5.01. The van der Waals surface area contributed by atoms with Crippen molar-refractivity contribution in [3.05, 3.63) is 99.8 Å². The number of fused-ring (bicyclic) bond motifs is 3. The van der Waals surface area contributed by atoms with Crippen LogP contribution in [0.25, 0.3) is 0 Å². The first-order valence-corrected chi connectivity index (χ1v) is 9.61. The molecule has 0 N–H and O–H groups in total. The van der Waals surface area contributed by atoms with Crippen LogP contribution in [0.15, 0.2) is 82.4 Å². The van der Waals surface area contributed by atoms with Gasteiger partial charge in [0.15, 0.2) is 0 Å². The molecular weight excluding hydrogens is 407 g/mol. The van der Waals surface area contributed by atoms with Crippen molar-refractivity contribution in [2.75, 3.05) is 0 Å². The van der Waals surface area contributed by atoms with Gasteiger partial charge in [-0.05, 0) is 35.9 Å². The molecule has 134 valence electrons. The van der Waals surface area contributed by atoms with E-state index in [1.807, 2.05) is 35.3 Å². The Bertz CT molecular complexity index is 1020. The second kappa shape index (κ2) is 6.50. The first kappa shape index (κ1) is 16.5. The maximum Gasteiger partial charge on any atom is 0.213 e. The van der Waals surface area contributed by atoms with Gasteiger partial charge in [0.05, 0.1) is 11.8 Å². The highest BCUT2D eigenvalue weighted by Crippen LogP contribution is 2.48. The molecule has 3 aromatic rings. The van der Waals surface area contributed by atoms with E-state index in [0.717, 1.165) is 39.0 Å². The fourth-order valence-corrected chi connectivity index (χ4v) is 4.09. The van der Waals surface area contributed by atoms with Gasteiger partial charge >= 0.3 is 0 Å². The van der Waals surface area contributed by atoms with Gasteiger partial charge < -0.3 is 4.74 Å². The third kappa shape index (κ3) is 2.92. The molecule has 0 saturated carbocycles. The average molecular weight is 423 g/mol. The lowest BCUT2D eigenvalue weighted by atomic mass is 9.96. The van der Waals surface area contributed by atoms with Gasteiger partial charge in [0.1, 0.15) is 11.6 Å². The molecule has 0 spiro atoms. The Kier molecular flexibility index (Phi) is 3.97. The van der Waals surface area contributed by atoms with Gasteiger partial charge in [0.2, 0.25) is 6.23 Å². The zero-order valence-electron chi connectivity index (χ0n) is 14.3. The molecule has 0 fully saturated rings. The summed E-state index contributed by atoms with van der Waals surface area (Å²) in [5.41, 5.74) is 4.14. The number of rotatable bonds is 2. The van der Waals surface area contributed by atoms with Crippen molar-refractivity contribution >= 4 is 21.6 Å². The lowest BCUT2D eigenvalue weighted by molar-refractivity contribution is -0.0191. The van der Waals surface area contributed by atoms with Gasteiger partial charge in [-0.25, -0.2) is 9.40 Å². The van der Waals surface area contributed by atoms with E-state index in [9.17, 15) is 4.39 Å². The third-order valence-corrected chi connectivity index (χ3v) is 5.51. The smallest absolute Gasteiger partial charge is 0.213 e. The molecule has 27 heavy (non-hydrogen) atoms. The summed E-state index contributed by atoms with van der Waals surface area (Å²) < 4.78 is 20.7. The highest BCUT2D eigenvalue weighted by atomic mass is 79.9. The lowest BCUT2D eigenvalue weighted by Crippen LogP contribution is -2.33. The quantitative estimate of drug-likeness (QED) is 0.518. The SMILES string of the molecule is Fc1ccc([C@@H]2Oc3ccc(Br)cc3[C@@H]3CC(c4ccccc4)=NN32)cc1. The average Bonchev–Trinajstić information content (AvgIpc) is 3.15. The molecule has 2 aliphatic rings. The van der Waals surface area contributed by atoms with E-state index in [2.05, 4.69) is 34.1 Å². The minimum absolute atomic E-state index is 0.0801. The van der Waals surface area contributed by atoms with Crippen molar-refractivity contribution in [1.29, 1.82) is 0 Å². The summed E-state index contributed by atoms with van der Waals surface area (Å²) in [4.78, 5) is 0. The number of nitrogens with zero attached hydrogens (tertiary/aromatic N) is 2. The fraction of sp³-hybridized carbons (Fsp3) is 0.136. The minimum atomic E-state index is -0.384. The van der Waals surface area contributed by atoms with Crippen LogP contribution < -0.4 is 4.74 Å². The highest BCUT2D eigenvalue weighted by molar-refractivity contribution is 9.10. The Balaban J connectivity index is 1.61. The summed E-state index contributed by atoms with van der Waals surface area (Å²) in [5, 5.41) is 6.91. The van der Waals surface area contributed by atoms with Gasteiger partial charge in [0.25, 0.3) is 0 Å². The van der Waals surface area contributed by atoms with Crippen molar-refractivity contribution in [1.82, 2.24) is 5.01 Å². The van der Waals surface area contributed by atoms with E-state index in [-0.39, 0.29) is 18.1 Å². The summed E-state index contributed by atoms with van der Waals surface area (Å²) in [5.74, 6) is 0.587. The van der Waals surface area contributed by atoms with Crippen LogP contribution in [0.1, 0.15) is 35.4 Å². The van der Waals surface area contributed by atoms with Crippen molar-refractivity contribution in [2.24, 2.45) is 5.10 Å². The number of hydrazone groups is 1. The zero-order valence-corrected chi connectivity index (χ0v) is 15.9. The monoisotopic (exact) mass is 422 g/mol. The van der Waals surface area contributed by atoms with Gasteiger partial charge in [0, 0.05) is 22.0 Å². The van der Waals surface area contributed by atoms with Gasteiger partial charge in [-0.3, -0.25) is 0 Å². The van der Waals surface area contributed by atoms with E-state index >= 15 is 0 Å². The number of benzene rings is 3. The van der Waals surface area contributed by atoms with Gasteiger partial charge in [-0.1, -0.05) is 58.4 Å². The normalized spacial score (nSPS) is 20.5. The number of hydrogen-bond acceptors (Lipinski definition) is 3. The van der Waals surface area contributed by atoms with Gasteiger partial charge in [-0.15, -0.1) is 0 Å². The topological polar surface area (TPSA) is 24.8 Å². The van der Waals surface area contributed by atoms with Crippen LogP contribution in [0.2, 0.25) is 0 Å². The molecule has 3 aromatic carbocycles. The van der Waals surface area contributed by atoms with E-state index in [1.165, 1.54) is 12.1 Å². The van der Waals surface area contributed by atoms with E-state index in [0.29, 0.717) is 0 Å². The molecule has 0 saturated heterocycles. The zero-order chi connectivity index (χ0) is 18.4. The van der Waals surface area contributed by atoms with Crippen LogP contribution in [0.5, 0.6) is 5.75 Å². The van der Waals surface area contributed by atoms with Crippen LogP contribution in [0.3, 0.4) is 0 Å². The molecular formula is C22H16BrFN2O. The Hall–Kier alpha value is -2.66. The second-order valence-corrected chi connectivity index (χ2v) is 7.63. The highest BCUT2D eigenvalue weighted by Gasteiger charge is 2.41. The maximum atomic E-state index is 13.4. The van der Waals surface area contributed by atoms with Crippen LogP contribution in [0, 0.1) is 5.82 Å². The Morgan fingerprint density at radius 1 is 1.00 bits per heavy atom. The molecule has 5 heteroatoms. The summed E-state index contributed by atoms with van der Waals surface area (Å²) in [6, 6.07) is 22.8. The molecule has 0 aromatic heterocycles. The van der Waals surface area contributed by atoms with E-state index in [1.54, 1.807) is 12.1 Å². The largest absolute Gasteiger partial charge is 0.464 e. The molecule has 0 bridgehead atoms. The van der Waals surface area contributed by atoms with Crippen molar-refractivity contribution in [3.8, 4) is 5.75 Å². The summed E-state index contributed by atoms with van der Waals surface area (Å²) in [6.45, 7) is 0. The van der Waals surface area contributed by atoms with E-state index in [4.69, 9.17) is 9.84 Å². The molecule has 5 rings (SSSR count). The molecule has 0 radical (unpaired) electrons. The predicted molar refractivity (Wildman–Crippen MR) is 106 cm³/mol. The molecule has 0 amide bonds. The number of hydrogen-bond donors (Lipinski definition) is 0. The predicted octanol–water partition coefficient (Wildman–Crippen LogP) is 5.83. The van der Waals surface area contributed by atoms with Crippen LogP contribution in [-0.2, 0) is 0 Å². The molecule has 0 unspecified atom stereocenters. The summed E-state index contributed by atoms with van der Waals surface area (Å²) >= 11 is 3.56. The summed E-state index contributed by atoms with van der Waals surface area (Å²) in [6.07, 6.45) is 0.416. The maximum absolute atomic E-state index is 13.4. The van der Waals surface area contributed by atoms with Crippen LogP contribution in [-0.4, -0.2) is 10.7 Å². The van der Waals surface area contributed by atoms with Crippen molar-refractivity contribution in [2.45, 2.75) is 18.7 Å². The summed E-state index contributed by atoms with van der Waals surface area (Å²) in [7, 11) is 0. The fourth-order valence-electron chi connectivity index (χ4n) is 3.71. The Labute approximate surface area is 165 Å². The van der Waals surface area contributed by atoms with Crippen molar-refractivity contribution in [3.63, 3.8) is 0 Å². The Morgan fingerprint density at radius 3 is 2.56 bits per heavy atom. The molecule has 2 atom stereocenters. The first-order valence-electron chi connectivity index (χ1n) is 8.82. The number of halogens is 2. The molecule has 2 heterocycles. The molecule has 2 aliphatic heterocycles. The minimum Gasteiger partial charge on any atom is -0.464 e. The first-order chi connectivity index (χ1) is 13.2. The van der Waals surface area contributed by atoms with Crippen LogP contribution >= 0.6 is 15.9 Å². The van der Waals surface area contributed by atoms with Crippen molar-refractivity contribution < 1.29 is 9.13 Å².